The second-order valence-electron chi connectivity index (χ2n) is 5.27. The fourth-order valence-electron chi connectivity index (χ4n) is 2.61. The number of hydrogen-bond donors (Lipinski definition) is 2. The Labute approximate surface area is 117 Å². The van der Waals surface area contributed by atoms with Crippen molar-refractivity contribution in [2.75, 3.05) is 0 Å². The number of amides is 1. The van der Waals surface area contributed by atoms with Crippen LogP contribution in [0.2, 0.25) is 0 Å². The van der Waals surface area contributed by atoms with E-state index >= 15 is 0 Å². The molecule has 0 spiro atoms. The Morgan fingerprint density at radius 3 is 2.60 bits per heavy atom. The number of carbonyl (C=O) groups excluding carboxylic acids is 1. The van der Waals surface area contributed by atoms with Gasteiger partial charge in [0.25, 0.3) is 0 Å². The number of benzene rings is 1. The van der Waals surface area contributed by atoms with Crippen molar-refractivity contribution in [3.8, 4) is 0 Å². The predicted molar refractivity (Wildman–Crippen MR) is 71.6 cm³/mol. The molecule has 2 rings (SSSR count). The molecule has 0 aliphatic heterocycles. The summed E-state index contributed by atoms with van der Waals surface area (Å²) in [6.45, 7) is 0. The number of aliphatic carboxylic acids is 1. The van der Waals surface area contributed by atoms with Gasteiger partial charge in [-0.25, -0.2) is 4.39 Å². The van der Waals surface area contributed by atoms with Gasteiger partial charge in [-0.05, 0) is 37.0 Å². The monoisotopic (exact) mass is 279 g/mol. The first-order valence-electron chi connectivity index (χ1n) is 6.81. The second kappa shape index (κ2) is 6.50. The highest BCUT2D eigenvalue weighted by atomic mass is 19.1. The highest BCUT2D eigenvalue weighted by Gasteiger charge is 2.27. The minimum Gasteiger partial charge on any atom is -0.481 e. The van der Waals surface area contributed by atoms with E-state index in [1.807, 2.05) is 0 Å². The van der Waals surface area contributed by atoms with Crippen LogP contribution >= 0.6 is 0 Å². The molecule has 0 radical (unpaired) electrons. The maximum absolute atomic E-state index is 12.8. The minimum atomic E-state index is -0.789. The van der Waals surface area contributed by atoms with Crippen molar-refractivity contribution in [1.82, 2.24) is 5.32 Å². The van der Waals surface area contributed by atoms with E-state index < -0.39 is 5.97 Å². The molecule has 2 N–H and O–H groups in total. The molecule has 0 heterocycles. The Bertz CT molecular complexity index is 486. The maximum Gasteiger partial charge on any atom is 0.306 e. The Hall–Kier alpha value is -1.91. The lowest BCUT2D eigenvalue weighted by Crippen LogP contribution is -2.40. The van der Waals surface area contributed by atoms with Gasteiger partial charge in [0.15, 0.2) is 0 Å². The third kappa shape index (κ3) is 4.05. The van der Waals surface area contributed by atoms with Gasteiger partial charge in [-0.1, -0.05) is 18.6 Å². The quantitative estimate of drug-likeness (QED) is 0.887. The first-order valence-corrected chi connectivity index (χ1v) is 6.81. The van der Waals surface area contributed by atoms with Gasteiger partial charge in [0, 0.05) is 6.04 Å². The molecular weight excluding hydrogens is 261 g/mol. The smallest absolute Gasteiger partial charge is 0.306 e. The number of carbonyl (C=O) groups is 2. The zero-order chi connectivity index (χ0) is 14.5. The molecule has 0 bridgehead atoms. The van der Waals surface area contributed by atoms with Crippen LogP contribution in [0.15, 0.2) is 24.3 Å². The molecule has 2 unspecified atom stereocenters. The fraction of sp³-hybridized carbons (Fsp3) is 0.467. The Morgan fingerprint density at radius 1 is 1.25 bits per heavy atom. The van der Waals surface area contributed by atoms with Crippen LogP contribution in [-0.4, -0.2) is 23.0 Å². The molecular formula is C15H18FNO3. The summed E-state index contributed by atoms with van der Waals surface area (Å²) in [5.74, 6) is -1.62. The first-order chi connectivity index (χ1) is 9.54. The van der Waals surface area contributed by atoms with Gasteiger partial charge >= 0.3 is 5.97 Å². The molecule has 1 amide bonds. The van der Waals surface area contributed by atoms with Crippen LogP contribution in [-0.2, 0) is 16.0 Å². The average molecular weight is 279 g/mol. The average Bonchev–Trinajstić information content (AvgIpc) is 2.41. The van der Waals surface area contributed by atoms with Crippen LogP contribution in [0.3, 0.4) is 0 Å². The van der Waals surface area contributed by atoms with Crippen LogP contribution in [0, 0.1) is 11.7 Å². The van der Waals surface area contributed by atoms with E-state index in [0.717, 1.165) is 18.4 Å². The topological polar surface area (TPSA) is 66.4 Å². The molecule has 20 heavy (non-hydrogen) atoms. The van der Waals surface area contributed by atoms with E-state index in [0.29, 0.717) is 12.8 Å². The fourth-order valence-corrected chi connectivity index (χ4v) is 2.61. The summed E-state index contributed by atoms with van der Waals surface area (Å²) < 4.78 is 12.8. The van der Waals surface area contributed by atoms with Gasteiger partial charge < -0.3 is 10.4 Å². The third-order valence-corrected chi connectivity index (χ3v) is 3.67. The van der Waals surface area contributed by atoms with Crippen LogP contribution in [0.4, 0.5) is 4.39 Å². The summed E-state index contributed by atoms with van der Waals surface area (Å²) >= 11 is 0. The van der Waals surface area contributed by atoms with Gasteiger partial charge in [0.05, 0.1) is 12.3 Å². The molecule has 1 fully saturated rings. The van der Waals surface area contributed by atoms with E-state index in [4.69, 9.17) is 5.11 Å². The maximum atomic E-state index is 12.8. The van der Waals surface area contributed by atoms with Gasteiger partial charge in [-0.15, -0.1) is 0 Å². The van der Waals surface area contributed by atoms with Crippen molar-refractivity contribution in [3.63, 3.8) is 0 Å². The zero-order valence-corrected chi connectivity index (χ0v) is 11.1. The van der Waals surface area contributed by atoms with Crippen molar-refractivity contribution in [1.29, 1.82) is 0 Å². The highest BCUT2D eigenvalue weighted by molar-refractivity contribution is 5.79. The van der Waals surface area contributed by atoms with Gasteiger partial charge in [-0.2, -0.15) is 0 Å². The number of halogens is 1. The molecule has 0 aromatic heterocycles. The molecule has 1 aliphatic carbocycles. The Morgan fingerprint density at radius 2 is 1.95 bits per heavy atom. The van der Waals surface area contributed by atoms with Crippen LogP contribution in [0.5, 0.6) is 0 Å². The van der Waals surface area contributed by atoms with E-state index in [9.17, 15) is 14.0 Å². The van der Waals surface area contributed by atoms with Crippen molar-refractivity contribution in [2.45, 2.75) is 38.1 Å². The molecule has 1 aromatic carbocycles. The predicted octanol–water partition coefficient (Wildman–Crippen LogP) is 2.13. The first kappa shape index (κ1) is 14.5. The largest absolute Gasteiger partial charge is 0.481 e. The SMILES string of the molecule is O=C(Cc1ccc(F)cc1)NC1CCCC(C(=O)O)C1. The lowest BCUT2D eigenvalue weighted by atomic mass is 9.85. The van der Waals surface area contributed by atoms with Gasteiger partial charge in [0.2, 0.25) is 5.91 Å². The molecule has 1 aromatic rings. The van der Waals surface area contributed by atoms with E-state index in [2.05, 4.69) is 5.32 Å². The second-order valence-corrected chi connectivity index (χ2v) is 5.27. The van der Waals surface area contributed by atoms with E-state index in [1.54, 1.807) is 12.1 Å². The van der Waals surface area contributed by atoms with E-state index in [-0.39, 0.29) is 30.1 Å². The summed E-state index contributed by atoms with van der Waals surface area (Å²) in [5.41, 5.74) is 0.745. The van der Waals surface area contributed by atoms with Crippen molar-refractivity contribution < 1.29 is 19.1 Å². The van der Waals surface area contributed by atoms with Gasteiger partial charge in [-0.3, -0.25) is 9.59 Å². The summed E-state index contributed by atoms with van der Waals surface area (Å²) in [5, 5.41) is 11.9. The van der Waals surface area contributed by atoms with Crippen molar-refractivity contribution in [3.05, 3.63) is 35.6 Å². The third-order valence-electron chi connectivity index (χ3n) is 3.67. The van der Waals surface area contributed by atoms with Crippen LogP contribution in [0.1, 0.15) is 31.2 Å². The molecule has 5 heteroatoms. The molecule has 1 saturated carbocycles. The Kier molecular flexibility index (Phi) is 4.71. The number of carboxylic acid groups (broad SMARTS) is 1. The number of hydrogen-bond acceptors (Lipinski definition) is 2. The molecule has 1 aliphatic rings. The number of nitrogens with one attached hydrogen (secondary N) is 1. The highest BCUT2D eigenvalue weighted by Crippen LogP contribution is 2.24. The molecule has 4 nitrogen and oxygen atoms in total. The Balaban J connectivity index is 1.85. The summed E-state index contributed by atoms with van der Waals surface area (Å²) in [7, 11) is 0. The molecule has 108 valence electrons. The number of rotatable bonds is 4. The van der Waals surface area contributed by atoms with E-state index in [1.165, 1.54) is 12.1 Å². The standard InChI is InChI=1S/C15H18FNO3/c16-12-6-4-10(5-7-12)8-14(18)17-13-3-1-2-11(9-13)15(19)20/h4-7,11,13H,1-3,8-9H2,(H,17,18)(H,19,20). The van der Waals surface area contributed by atoms with Crippen LogP contribution in [0.25, 0.3) is 0 Å². The lowest BCUT2D eigenvalue weighted by Gasteiger charge is -2.27. The lowest BCUT2D eigenvalue weighted by molar-refractivity contribution is -0.143. The normalized spacial score (nSPS) is 22.2. The summed E-state index contributed by atoms with van der Waals surface area (Å²) in [6, 6.07) is 5.73. The summed E-state index contributed by atoms with van der Waals surface area (Å²) in [6.07, 6.45) is 3.00. The number of carboxylic acids is 1. The molecule has 0 saturated heterocycles. The van der Waals surface area contributed by atoms with Gasteiger partial charge in [0.1, 0.15) is 5.82 Å². The van der Waals surface area contributed by atoms with Crippen molar-refractivity contribution >= 4 is 11.9 Å². The molecule has 2 atom stereocenters. The minimum absolute atomic E-state index is 0.0715. The van der Waals surface area contributed by atoms with Crippen LogP contribution < -0.4 is 5.32 Å². The zero-order valence-electron chi connectivity index (χ0n) is 11.1. The summed E-state index contributed by atoms with van der Waals surface area (Å²) in [4.78, 5) is 22.9. The van der Waals surface area contributed by atoms with Crippen molar-refractivity contribution in [2.24, 2.45) is 5.92 Å².